The Bertz CT molecular complexity index is 1180. The van der Waals surface area contributed by atoms with Crippen molar-refractivity contribution in [3.8, 4) is 6.07 Å². The van der Waals surface area contributed by atoms with Crippen LogP contribution in [0.25, 0.3) is 11.0 Å². The van der Waals surface area contributed by atoms with Crippen molar-refractivity contribution in [2.24, 2.45) is 0 Å². The molecule has 3 aromatic rings. The Morgan fingerprint density at radius 1 is 1.03 bits per heavy atom. The smallest absolute Gasteiger partial charge is 0.329 e. The number of aromatic nitrogens is 2. The Hall–Kier alpha value is -3.66. The highest BCUT2D eigenvalue weighted by molar-refractivity contribution is 5.85. The van der Waals surface area contributed by atoms with Gasteiger partial charge in [-0.3, -0.25) is 4.79 Å². The Balaban J connectivity index is 1.67. The van der Waals surface area contributed by atoms with E-state index in [1.165, 1.54) is 16.8 Å². The monoisotopic (exact) mass is 429 g/mol. The zero-order valence-corrected chi connectivity index (χ0v) is 18.7. The van der Waals surface area contributed by atoms with Gasteiger partial charge in [-0.1, -0.05) is 24.3 Å². The fourth-order valence-electron chi connectivity index (χ4n) is 4.12. The number of hydrogen-bond donors (Lipinski definition) is 0. The van der Waals surface area contributed by atoms with E-state index in [0.29, 0.717) is 30.1 Å². The van der Waals surface area contributed by atoms with Crippen LogP contribution in [0.5, 0.6) is 0 Å². The quantitative estimate of drug-likeness (QED) is 0.571. The van der Waals surface area contributed by atoms with Gasteiger partial charge in [0, 0.05) is 31.9 Å². The summed E-state index contributed by atoms with van der Waals surface area (Å²) in [6.45, 7) is 9.28. The SMILES string of the molecule is CCOC(=O)C(C#N)c1nc2ccccc2nc1N1CCN(c2cccc(C)c2C)CC1. The van der Waals surface area contributed by atoms with Crippen LogP contribution in [0.15, 0.2) is 42.5 Å². The summed E-state index contributed by atoms with van der Waals surface area (Å²) < 4.78 is 5.15. The second-order valence-corrected chi connectivity index (χ2v) is 7.93. The predicted octanol–water partition coefficient (Wildman–Crippen LogP) is 3.74. The number of carbonyl (C=O) groups is 1. The van der Waals surface area contributed by atoms with Gasteiger partial charge in [0.25, 0.3) is 0 Å². The number of nitrogens with zero attached hydrogens (tertiary/aromatic N) is 5. The van der Waals surface area contributed by atoms with E-state index in [1.54, 1.807) is 6.92 Å². The van der Waals surface area contributed by atoms with Crippen LogP contribution in [0.1, 0.15) is 29.7 Å². The van der Waals surface area contributed by atoms with Crippen LogP contribution in [-0.2, 0) is 9.53 Å². The van der Waals surface area contributed by atoms with E-state index in [-0.39, 0.29) is 6.61 Å². The van der Waals surface area contributed by atoms with Crippen LogP contribution >= 0.6 is 0 Å². The summed E-state index contributed by atoms with van der Waals surface area (Å²) in [4.78, 5) is 26.5. The first-order chi connectivity index (χ1) is 15.5. The van der Waals surface area contributed by atoms with Crippen molar-refractivity contribution in [3.05, 3.63) is 59.3 Å². The summed E-state index contributed by atoms with van der Waals surface area (Å²) in [5, 5.41) is 9.77. The number of para-hydroxylation sites is 2. The number of carbonyl (C=O) groups excluding carboxylic acids is 1. The van der Waals surface area contributed by atoms with Gasteiger partial charge in [0.1, 0.15) is 5.69 Å². The number of rotatable bonds is 5. The molecule has 0 N–H and O–H groups in total. The maximum atomic E-state index is 12.5. The number of aryl methyl sites for hydroxylation is 1. The van der Waals surface area contributed by atoms with E-state index >= 15 is 0 Å². The van der Waals surface area contributed by atoms with Gasteiger partial charge in [0.2, 0.25) is 0 Å². The second-order valence-electron chi connectivity index (χ2n) is 7.93. The lowest BCUT2D eigenvalue weighted by molar-refractivity contribution is -0.143. The Morgan fingerprint density at radius 3 is 2.34 bits per heavy atom. The molecule has 2 aromatic carbocycles. The maximum absolute atomic E-state index is 12.5. The van der Waals surface area contributed by atoms with Crippen molar-refractivity contribution < 1.29 is 9.53 Å². The summed E-state index contributed by atoms with van der Waals surface area (Å²) in [7, 11) is 0. The first-order valence-corrected chi connectivity index (χ1v) is 10.9. The lowest BCUT2D eigenvalue weighted by Gasteiger charge is -2.38. The molecule has 1 aliphatic heterocycles. The number of nitriles is 1. The summed E-state index contributed by atoms with van der Waals surface area (Å²) in [6.07, 6.45) is 0. The Kier molecular flexibility index (Phi) is 6.22. The average Bonchev–Trinajstić information content (AvgIpc) is 2.81. The zero-order valence-electron chi connectivity index (χ0n) is 18.7. The maximum Gasteiger partial charge on any atom is 0.329 e. The summed E-state index contributed by atoms with van der Waals surface area (Å²) in [5.41, 5.74) is 5.58. The number of ether oxygens (including phenoxy) is 1. The number of esters is 1. The van der Waals surface area contributed by atoms with Gasteiger partial charge < -0.3 is 14.5 Å². The molecule has 0 radical (unpaired) electrons. The van der Waals surface area contributed by atoms with Gasteiger partial charge in [0.15, 0.2) is 11.7 Å². The van der Waals surface area contributed by atoms with E-state index in [4.69, 9.17) is 9.72 Å². The molecular weight excluding hydrogens is 402 g/mol. The normalized spacial score (nSPS) is 14.8. The minimum absolute atomic E-state index is 0.210. The lowest BCUT2D eigenvalue weighted by Crippen LogP contribution is -2.47. The Morgan fingerprint density at radius 2 is 1.69 bits per heavy atom. The number of piperazine rings is 1. The van der Waals surface area contributed by atoms with Gasteiger partial charge in [0.05, 0.1) is 23.7 Å². The van der Waals surface area contributed by atoms with Gasteiger partial charge >= 0.3 is 5.97 Å². The molecule has 32 heavy (non-hydrogen) atoms. The molecule has 0 spiro atoms. The molecule has 1 fully saturated rings. The molecule has 1 unspecified atom stereocenters. The highest BCUT2D eigenvalue weighted by atomic mass is 16.5. The van der Waals surface area contributed by atoms with Crippen LogP contribution in [-0.4, -0.2) is 48.7 Å². The van der Waals surface area contributed by atoms with E-state index < -0.39 is 11.9 Å². The van der Waals surface area contributed by atoms with Crippen molar-refractivity contribution in [1.29, 1.82) is 5.26 Å². The molecule has 1 aromatic heterocycles. The first-order valence-electron chi connectivity index (χ1n) is 10.9. The average molecular weight is 430 g/mol. The first kappa shape index (κ1) is 21.6. The fraction of sp³-hybridized carbons (Fsp3) is 0.360. The number of anilines is 2. The predicted molar refractivity (Wildman–Crippen MR) is 125 cm³/mol. The van der Waals surface area contributed by atoms with E-state index in [9.17, 15) is 10.1 Å². The van der Waals surface area contributed by atoms with Crippen LogP contribution < -0.4 is 9.80 Å². The van der Waals surface area contributed by atoms with E-state index in [2.05, 4.69) is 52.9 Å². The molecule has 1 aliphatic rings. The Labute approximate surface area is 188 Å². The van der Waals surface area contributed by atoms with Crippen molar-refractivity contribution in [3.63, 3.8) is 0 Å². The van der Waals surface area contributed by atoms with Crippen LogP contribution in [0.4, 0.5) is 11.5 Å². The number of fused-ring (bicyclic) bond motifs is 1. The molecule has 0 aliphatic carbocycles. The van der Waals surface area contributed by atoms with E-state index in [0.717, 1.165) is 18.6 Å². The molecule has 7 nitrogen and oxygen atoms in total. The standard InChI is InChI=1S/C25H27N5O2/c1-4-32-25(31)19(16-26)23-24(28-21-10-6-5-9-20(21)27-23)30-14-12-29(13-15-30)22-11-7-8-17(2)18(22)3/h5-11,19H,4,12-15H2,1-3H3. The number of benzene rings is 2. The van der Waals surface area contributed by atoms with Gasteiger partial charge in [-0.25, -0.2) is 9.97 Å². The van der Waals surface area contributed by atoms with Crippen LogP contribution in [0.2, 0.25) is 0 Å². The highest BCUT2D eigenvalue weighted by Crippen LogP contribution is 2.30. The molecule has 1 saturated heterocycles. The molecule has 2 heterocycles. The summed E-state index contributed by atoms with van der Waals surface area (Å²) in [5.74, 6) is -1.11. The van der Waals surface area contributed by atoms with Crippen molar-refractivity contribution in [2.75, 3.05) is 42.6 Å². The molecule has 0 amide bonds. The third kappa shape index (κ3) is 4.09. The molecule has 7 heteroatoms. The minimum Gasteiger partial charge on any atom is -0.465 e. The van der Waals surface area contributed by atoms with Crippen molar-refractivity contribution in [2.45, 2.75) is 26.7 Å². The third-order valence-corrected chi connectivity index (χ3v) is 6.00. The topological polar surface area (TPSA) is 82.3 Å². The molecule has 0 bridgehead atoms. The van der Waals surface area contributed by atoms with Gasteiger partial charge in [-0.05, 0) is 50.1 Å². The summed E-state index contributed by atoms with van der Waals surface area (Å²) >= 11 is 0. The molecule has 164 valence electrons. The van der Waals surface area contributed by atoms with Crippen molar-refractivity contribution >= 4 is 28.5 Å². The van der Waals surface area contributed by atoms with Crippen molar-refractivity contribution in [1.82, 2.24) is 9.97 Å². The fourth-order valence-corrected chi connectivity index (χ4v) is 4.12. The highest BCUT2D eigenvalue weighted by Gasteiger charge is 2.31. The van der Waals surface area contributed by atoms with Gasteiger partial charge in [-0.15, -0.1) is 0 Å². The molecular formula is C25H27N5O2. The third-order valence-electron chi connectivity index (χ3n) is 6.00. The van der Waals surface area contributed by atoms with Gasteiger partial charge in [-0.2, -0.15) is 5.26 Å². The summed E-state index contributed by atoms with van der Waals surface area (Å²) in [6, 6.07) is 16.0. The second kappa shape index (κ2) is 9.23. The number of hydrogen-bond acceptors (Lipinski definition) is 7. The minimum atomic E-state index is -1.11. The largest absolute Gasteiger partial charge is 0.465 e. The van der Waals surface area contributed by atoms with Crippen LogP contribution in [0, 0.1) is 25.2 Å². The molecule has 1 atom stereocenters. The molecule has 0 saturated carbocycles. The van der Waals surface area contributed by atoms with Crippen LogP contribution in [0.3, 0.4) is 0 Å². The lowest BCUT2D eigenvalue weighted by atomic mass is 10.0. The molecule has 4 rings (SSSR count). The zero-order chi connectivity index (χ0) is 22.7. The van der Waals surface area contributed by atoms with E-state index in [1.807, 2.05) is 24.3 Å².